The molecule has 0 N–H and O–H groups in total. The van der Waals surface area contributed by atoms with E-state index in [0.29, 0.717) is 0 Å². The highest BCUT2D eigenvalue weighted by molar-refractivity contribution is 6.01. The maximum atomic E-state index is 13.9. The molecule has 5 aromatic carbocycles. The number of fused-ring (bicyclic) bond motifs is 3. The van der Waals surface area contributed by atoms with Gasteiger partial charge in [0.25, 0.3) is 0 Å². The van der Waals surface area contributed by atoms with Crippen LogP contribution in [0.15, 0.2) is 109 Å². The van der Waals surface area contributed by atoms with Gasteiger partial charge in [-0.1, -0.05) is 78.9 Å². The molecule has 0 aliphatic heterocycles. The molecule has 0 fully saturated rings. The third kappa shape index (κ3) is 3.35. The van der Waals surface area contributed by atoms with Gasteiger partial charge in [-0.25, -0.2) is 8.78 Å². The molecule has 0 atom stereocenters. The van der Waals surface area contributed by atoms with Crippen LogP contribution in [0.4, 0.5) is 8.78 Å². The lowest BCUT2D eigenvalue weighted by Crippen LogP contribution is -1.97. The number of hydrogen-bond acceptors (Lipinski definition) is 0. The molecule has 0 saturated heterocycles. The zero-order chi connectivity index (χ0) is 22.4. The van der Waals surface area contributed by atoms with Crippen molar-refractivity contribution in [3.05, 3.63) is 132 Å². The Bertz CT molecular complexity index is 1460. The summed E-state index contributed by atoms with van der Waals surface area (Å²) in [6.07, 6.45) is 0.807. The Morgan fingerprint density at radius 2 is 1.03 bits per heavy atom. The summed E-state index contributed by atoms with van der Waals surface area (Å²) in [6.45, 7) is 0. The fourth-order valence-electron chi connectivity index (χ4n) is 4.97. The molecule has 0 nitrogen and oxygen atoms in total. The summed E-state index contributed by atoms with van der Waals surface area (Å²) in [5.41, 5.74) is 11.1. The fraction of sp³-hybridized carbons (Fsp3) is 0.0323. The van der Waals surface area contributed by atoms with E-state index >= 15 is 0 Å². The summed E-state index contributed by atoms with van der Waals surface area (Å²) >= 11 is 0. The van der Waals surface area contributed by atoms with Crippen LogP contribution >= 0.6 is 0 Å². The van der Waals surface area contributed by atoms with Gasteiger partial charge in [-0.2, -0.15) is 0 Å². The highest BCUT2D eigenvalue weighted by Crippen LogP contribution is 2.50. The zero-order valence-electron chi connectivity index (χ0n) is 17.9. The molecule has 0 saturated carbocycles. The first kappa shape index (κ1) is 19.6. The number of halogens is 2. The van der Waals surface area contributed by atoms with Gasteiger partial charge in [-0.3, -0.25) is 0 Å². The van der Waals surface area contributed by atoms with Crippen molar-refractivity contribution in [3.8, 4) is 44.5 Å². The van der Waals surface area contributed by atoms with E-state index in [1.807, 2.05) is 42.5 Å². The van der Waals surface area contributed by atoms with E-state index in [1.54, 1.807) is 0 Å². The van der Waals surface area contributed by atoms with Gasteiger partial charge in [0.2, 0.25) is 0 Å². The van der Waals surface area contributed by atoms with Crippen LogP contribution in [0.25, 0.3) is 44.5 Å². The molecule has 0 aromatic heterocycles. The minimum absolute atomic E-state index is 0.263. The average Bonchev–Trinajstić information content (AvgIpc) is 3.23. The molecule has 0 spiro atoms. The smallest absolute Gasteiger partial charge is 0.123 e. The quantitative estimate of drug-likeness (QED) is 0.264. The number of rotatable bonds is 3. The second kappa shape index (κ2) is 7.83. The van der Waals surface area contributed by atoms with E-state index in [-0.39, 0.29) is 11.6 Å². The highest BCUT2D eigenvalue weighted by Gasteiger charge is 2.27. The molecule has 33 heavy (non-hydrogen) atoms. The van der Waals surface area contributed by atoms with Crippen molar-refractivity contribution in [3.63, 3.8) is 0 Å². The molecule has 6 rings (SSSR count). The first-order valence-electron chi connectivity index (χ1n) is 11.0. The molecule has 0 heterocycles. The molecule has 1 aliphatic carbocycles. The third-order valence-corrected chi connectivity index (χ3v) is 6.46. The van der Waals surface area contributed by atoms with Crippen molar-refractivity contribution in [1.82, 2.24) is 0 Å². The summed E-state index contributed by atoms with van der Waals surface area (Å²) in [4.78, 5) is 0. The lowest BCUT2D eigenvalue weighted by molar-refractivity contribution is 0.627. The van der Waals surface area contributed by atoms with Crippen molar-refractivity contribution in [1.29, 1.82) is 0 Å². The largest absolute Gasteiger partial charge is 0.207 e. The molecule has 0 amide bonds. The molecular formula is C31H20F2. The Kier molecular flexibility index (Phi) is 4.66. The highest BCUT2D eigenvalue weighted by atomic mass is 19.1. The predicted molar refractivity (Wildman–Crippen MR) is 131 cm³/mol. The summed E-state index contributed by atoms with van der Waals surface area (Å²) in [5, 5.41) is 0. The maximum absolute atomic E-state index is 13.9. The van der Waals surface area contributed by atoms with Gasteiger partial charge in [-0.05, 0) is 92.4 Å². The van der Waals surface area contributed by atoms with Crippen molar-refractivity contribution in [2.24, 2.45) is 0 Å². The second-order valence-corrected chi connectivity index (χ2v) is 8.41. The summed E-state index contributed by atoms with van der Waals surface area (Å²) in [5.74, 6) is -0.530. The van der Waals surface area contributed by atoms with Gasteiger partial charge in [0, 0.05) is 0 Å². The Morgan fingerprint density at radius 1 is 0.455 bits per heavy atom. The molecule has 0 radical (unpaired) electrons. The van der Waals surface area contributed by atoms with Crippen LogP contribution in [-0.2, 0) is 6.42 Å². The van der Waals surface area contributed by atoms with Crippen molar-refractivity contribution in [2.45, 2.75) is 6.42 Å². The molecule has 5 aromatic rings. The lowest BCUT2D eigenvalue weighted by atomic mass is 9.82. The molecule has 0 unspecified atom stereocenters. The second-order valence-electron chi connectivity index (χ2n) is 8.41. The first-order chi connectivity index (χ1) is 16.2. The molecule has 0 bridgehead atoms. The monoisotopic (exact) mass is 430 g/mol. The average molecular weight is 430 g/mol. The van der Waals surface area contributed by atoms with E-state index in [4.69, 9.17) is 0 Å². The first-order valence-corrected chi connectivity index (χ1v) is 11.0. The van der Waals surface area contributed by atoms with E-state index in [2.05, 4.69) is 42.5 Å². The third-order valence-electron chi connectivity index (χ3n) is 6.46. The van der Waals surface area contributed by atoms with Crippen LogP contribution in [0.5, 0.6) is 0 Å². The van der Waals surface area contributed by atoms with E-state index in [1.165, 1.54) is 46.5 Å². The topological polar surface area (TPSA) is 0 Å². The van der Waals surface area contributed by atoms with E-state index in [0.717, 1.165) is 39.8 Å². The summed E-state index contributed by atoms with van der Waals surface area (Å²) < 4.78 is 27.7. The van der Waals surface area contributed by atoms with Gasteiger partial charge in [-0.15, -0.1) is 0 Å². The maximum Gasteiger partial charge on any atom is 0.123 e. The van der Waals surface area contributed by atoms with Gasteiger partial charge in [0.05, 0.1) is 0 Å². The number of benzene rings is 5. The van der Waals surface area contributed by atoms with Crippen molar-refractivity contribution >= 4 is 0 Å². The predicted octanol–water partition coefficient (Wildman–Crippen LogP) is 8.54. The Morgan fingerprint density at radius 3 is 1.70 bits per heavy atom. The van der Waals surface area contributed by atoms with Crippen molar-refractivity contribution < 1.29 is 8.78 Å². The Balaban J connectivity index is 1.75. The van der Waals surface area contributed by atoms with Crippen molar-refractivity contribution in [2.75, 3.05) is 0 Å². The Hall–Kier alpha value is -4.04. The van der Waals surface area contributed by atoms with Crippen LogP contribution in [0.3, 0.4) is 0 Å². The molecular weight excluding hydrogens is 410 g/mol. The van der Waals surface area contributed by atoms with Crippen LogP contribution in [0.2, 0.25) is 0 Å². The lowest BCUT2D eigenvalue weighted by Gasteiger charge is -2.21. The molecule has 158 valence electrons. The summed E-state index contributed by atoms with van der Waals surface area (Å²) in [7, 11) is 0. The number of hydrogen-bond donors (Lipinski definition) is 0. The minimum Gasteiger partial charge on any atom is -0.207 e. The van der Waals surface area contributed by atoms with Crippen LogP contribution in [0, 0.1) is 11.6 Å². The minimum atomic E-state index is -0.267. The van der Waals surface area contributed by atoms with Gasteiger partial charge < -0.3 is 0 Å². The molecule has 2 heteroatoms. The van der Waals surface area contributed by atoms with Crippen LogP contribution < -0.4 is 0 Å². The molecule has 1 aliphatic rings. The Labute approximate surface area is 191 Å². The normalized spacial score (nSPS) is 11.8. The standard InChI is InChI=1S/C31H20F2/c32-24-14-10-21(11-15-24)30-27(20-6-2-1-3-7-20)19-28-26-9-5-4-8-23(26)18-29(28)31(30)22-12-16-25(33)17-13-22/h1-17,19H,18H2. The SMILES string of the molecule is Fc1ccc(-c2c(-c3ccccc3)cc3c(c2-c2ccc(F)cc2)Cc2ccccc2-3)cc1. The van der Waals surface area contributed by atoms with E-state index in [9.17, 15) is 8.78 Å². The van der Waals surface area contributed by atoms with Gasteiger partial charge in [0.1, 0.15) is 11.6 Å². The zero-order valence-corrected chi connectivity index (χ0v) is 17.9. The van der Waals surface area contributed by atoms with E-state index < -0.39 is 0 Å². The van der Waals surface area contributed by atoms with Gasteiger partial charge in [0.15, 0.2) is 0 Å². The van der Waals surface area contributed by atoms with Gasteiger partial charge >= 0.3 is 0 Å². The van der Waals surface area contributed by atoms with Crippen LogP contribution in [-0.4, -0.2) is 0 Å². The summed E-state index contributed by atoms with van der Waals surface area (Å²) in [6, 6.07) is 34.4. The fourth-order valence-corrected chi connectivity index (χ4v) is 4.97. The van der Waals surface area contributed by atoms with Crippen LogP contribution in [0.1, 0.15) is 11.1 Å².